The molecule has 0 radical (unpaired) electrons. The van der Waals surface area contributed by atoms with Crippen LogP contribution in [0.4, 0.5) is 24.5 Å². The van der Waals surface area contributed by atoms with E-state index in [1.165, 1.54) is 7.05 Å². The monoisotopic (exact) mass is 284 g/mol. The van der Waals surface area contributed by atoms with Gasteiger partial charge in [0.15, 0.2) is 0 Å². The van der Waals surface area contributed by atoms with Crippen molar-refractivity contribution in [1.82, 2.24) is 0 Å². The highest BCUT2D eigenvalue weighted by Crippen LogP contribution is 2.41. The number of nitrogens with one attached hydrogen (secondary N) is 1. The van der Waals surface area contributed by atoms with Crippen LogP contribution in [-0.2, 0) is 0 Å². The lowest BCUT2D eigenvalue weighted by atomic mass is 10.2. The molecule has 0 unspecified atom stereocenters. The Labute approximate surface area is 105 Å². The molecule has 0 saturated carbocycles. The summed E-state index contributed by atoms with van der Waals surface area (Å²) >= 11 is 5.53. The molecule has 9 heteroatoms. The summed E-state index contributed by atoms with van der Waals surface area (Å²) in [6.45, 7) is -1.08. The first-order valence-corrected chi connectivity index (χ1v) is 5.01. The molecule has 0 aliphatic carbocycles. The molecular weight excluding hydrogens is 277 g/mol. The molecule has 1 rings (SSSR count). The molecule has 0 bridgehead atoms. The minimum Gasteiger partial charge on any atom is -0.481 e. The molecule has 0 saturated heterocycles. The first kappa shape index (κ1) is 14.4. The summed E-state index contributed by atoms with van der Waals surface area (Å²) in [5.74, 6) is -1.61. The van der Waals surface area contributed by atoms with E-state index in [1.54, 1.807) is 0 Å². The van der Waals surface area contributed by atoms with Crippen LogP contribution in [0.2, 0.25) is 5.02 Å². The van der Waals surface area contributed by atoms with Gasteiger partial charge in [-0.2, -0.15) is 0 Å². The van der Waals surface area contributed by atoms with Gasteiger partial charge in [-0.15, -0.1) is 0 Å². The Kier molecular flexibility index (Phi) is 4.60. The molecule has 100 valence electrons. The summed E-state index contributed by atoms with van der Waals surface area (Å²) in [5, 5.41) is 12.7. The van der Waals surface area contributed by atoms with E-state index in [0.717, 1.165) is 0 Å². The lowest BCUT2D eigenvalue weighted by molar-refractivity contribution is -0.385. The molecule has 0 fully saturated rings. The summed E-state index contributed by atoms with van der Waals surface area (Å²) in [5.41, 5.74) is -1.02. The third-order valence-electron chi connectivity index (χ3n) is 1.95. The zero-order chi connectivity index (χ0) is 13.9. The number of ether oxygens (including phenoxy) is 1. The van der Waals surface area contributed by atoms with Crippen LogP contribution < -0.4 is 10.1 Å². The van der Waals surface area contributed by atoms with Gasteiger partial charge in [0.2, 0.25) is 5.75 Å². The van der Waals surface area contributed by atoms with Crippen LogP contribution in [0.3, 0.4) is 0 Å². The minimum atomic E-state index is -2.83. The quantitative estimate of drug-likeness (QED) is 0.666. The standard InChI is InChI=1S/C9H8ClF3N2O3/c1-14-8-7(10)4(11)2-5(9(8)15(16)17)18-3-6(12)13/h2,6,14H,3H2,1H3. The average Bonchev–Trinajstić information content (AvgIpc) is 2.29. The number of alkyl halides is 2. The second kappa shape index (κ2) is 5.76. The van der Waals surface area contributed by atoms with Crippen LogP contribution >= 0.6 is 11.6 Å². The van der Waals surface area contributed by atoms with Crippen LogP contribution in [0.25, 0.3) is 0 Å². The Morgan fingerprint density at radius 3 is 2.67 bits per heavy atom. The van der Waals surface area contributed by atoms with Crippen LogP contribution in [0.5, 0.6) is 5.75 Å². The van der Waals surface area contributed by atoms with Crippen LogP contribution in [0, 0.1) is 15.9 Å². The second-order valence-electron chi connectivity index (χ2n) is 3.10. The molecular formula is C9H8ClF3N2O3. The van der Waals surface area contributed by atoms with Gasteiger partial charge < -0.3 is 10.1 Å². The molecule has 0 heterocycles. The highest BCUT2D eigenvalue weighted by molar-refractivity contribution is 6.34. The molecule has 0 spiro atoms. The number of nitro benzene ring substituents is 1. The number of halogens is 4. The fraction of sp³-hybridized carbons (Fsp3) is 0.333. The summed E-state index contributed by atoms with van der Waals surface area (Å²) in [6, 6.07) is 0.601. The third-order valence-corrected chi connectivity index (χ3v) is 2.32. The van der Waals surface area contributed by atoms with Crippen molar-refractivity contribution in [2.45, 2.75) is 6.43 Å². The zero-order valence-corrected chi connectivity index (χ0v) is 9.80. The molecule has 0 aromatic heterocycles. The number of hydrogen-bond acceptors (Lipinski definition) is 4. The Balaban J connectivity index is 3.31. The molecule has 1 aromatic rings. The molecule has 1 N–H and O–H groups in total. The first-order chi connectivity index (χ1) is 8.38. The summed E-state index contributed by atoms with van der Waals surface area (Å²) in [6.07, 6.45) is -2.83. The van der Waals surface area contributed by atoms with Crippen molar-refractivity contribution in [2.24, 2.45) is 0 Å². The van der Waals surface area contributed by atoms with Crippen molar-refractivity contribution >= 4 is 23.0 Å². The van der Waals surface area contributed by atoms with Crippen molar-refractivity contribution in [1.29, 1.82) is 0 Å². The molecule has 5 nitrogen and oxygen atoms in total. The largest absolute Gasteiger partial charge is 0.481 e. The van der Waals surface area contributed by atoms with Crippen molar-refractivity contribution in [3.8, 4) is 5.75 Å². The van der Waals surface area contributed by atoms with Gasteiger partial charge in [0, 0.05) is 13.1 Å². The summed E-state index contributed by atoms with van der Waals surface area (Å²) < 4.78 is 41.8. The Bertz CT molecular complexity index is 471. The first-order valence-electron chi connectivity index (χ1n) is 4.63. The van der Waals surface area contributed by atoms with Gasteiger partial charge in [-0.1, -0.05) is 11.6 Å². The SMILES string of the molecule is CNc1c(Cl)c(F)cc(OCC(F)F)c1[N+](=O)[O-]. The van der Waals surface area contributed by atoms with Gasteiger partial charge in [-0.25, -0.2) is 13.2 Å². The maximum atomic E-state index is 13.3. The van der Waals surface area contributed by atoms with Gasteiger partial charge in [-0.3, -0.25) is 10.1 Å². The number of nitro groups is 1. The van der Waals surface area contributed by atoms with Gasteiger partial charge in [-0.05, 0) is 0 Å². The van der Waals surface area contributed by atoms with E-state index >= 15 is 0 Å². The smallest absolute Gasteiger partial charge is 0.335 e. The highest BCUT2D eigenvalue weighted by Gasteiger charge is 2.27. The predicted octanol–water partition coefficient (Wildman–Crippen LogP) is 3.07. The lowest BCUT2D eigenvalue weighted by Gasteiger charge is -2.11. The highest BCUT2D eigenvalue weighted by atomic mass is 35.5. The van der Waals surface area contributed by atoms with E-state index < -0.39 is 40.2 Å². The second-order valence-corrected chi connectivity index (χ2v) is 3.48. The van der Waals surface area contributed by atoms with Gasteiger partial charge in [0.25, 0.3) is 6.43 Å². The van der Waals surface area contributed by atoms with E-state index in [1.807, 2.05) is 0 Å². The van der Waals surface area contributed by atoms with E-state index in [-0.39, 0.29) is 5.69 Å². The summed E-state index contributed by atoms with van der Waals surface area (Å²) in [7, 11) is 1.28. The minimum absolute atomic E-state index is 0.328. The van der Waals surface area contributed by atoms with E-state index in [9.17, 15) is 23.3 Å². The molecule has 0 aliphatic rings. The lowest BCUT2D eigenvalue weighted by Crippen LogP contribution is -2.10. The van der Waals surface area contributed by atoms with Crippen molar-refractivity contribution in [3.63, 3.8) is 0 Å². The van der Waals surface area contributed by atoms with Crippen molar-refractivity contribution in [3.05, 3.63) is 27.0 Å². The van der Waals surface area contributed by atoms with Crippen LogP contribution in [0.1, 0.15) is 0 Å². The molecule has 0 aliphatic heterocycles. The molecule has 1 aromatic carbocycles. The number of nitrogens with zero attached hydrogens (tertiary/aromatic N) is 1. The zero-order valence-electron chi connectivity index (χ0n) is 9.05. The number of rotatable bonds is 5. The molecule has 18 heavy (non-hydrogen) atoms. The van der Waals surface area contributed by atoms with E-state index in [2.05, 4.69) is 10.1 Å². The Morgan fingerprint density at radius 2 is 2.22 bits per heavy atom. The van der Waals surface area contributed by atoms with E-state index in [0.29, 0.717) is 6.07 Å². The van der Waals surface area contributed by atoms with Crippen molar-refractivity contribution in [2.75, 3.05) is 19.0 Å². The Hall–Kier alpha value is -1.70. The van der Waals surface area contributed by atoms with Gasteiger partial charge in [0.1, 0.15) is 23.1 Å². The normalized spacial score (nSPS) is 10.6. The van der Waals surface area contributed by atoms with Crippen molar-refractivity contribution < 1.29 is 22.8 Å². The van der Waals surface area contributed by atoms with Gasteiger partial charge >= 0.3 is 5.69 Å². The van der Waals surface area contributed by atoms with E-state index in [4.69, 9.17) is 11.6 Å². The maximum absolute atomic E-state index is 13.3. The van der Waals surface area contributed by atoms with Crippen LogP contribution in [0.15, 0.2) is 6.07 Å². The van der Waals surface area contributed by atoms with Crippen LogP contribution in [-0.4, -0.2) is 25.0 Å². The number of hydrogen-bond donors (Lipinski definition) is 1. The fourth-order valence-electron chi connectivity index (χ4n) is 1.27. The molecule has 0 amide bonds. The summed E-state index contributed by atoms with van der Waals surface area (Å²) in [4.78, 5) is 9.94. The Morgan fingerprint density at radius 1 is 1.61 bits per heavy atom. The predicted molar refractivity (Wildman–Crippen MR) is 59.1 cm³/mol. The average molecular weight is 285 g/mol. The topological polar surface area (TPSA) is 64.4 Å². The third kappa shape index (κ3) is 2.95. The maximum Gasteiger partial charge on any atom is 0.335 e. The van der Waals surface area contributed by atoms with Gasteiger partial charge in [0.05, 0.1) is 4.92 Å². The number of benzene rings is 1. The molecule has 0 atom stereocenters. The fourth-order valence-corrected chi connectivity index (χ4v) is 1.50. The number of anilines is 1.